The van der Waals surface area contributed by atoms with Crippen molar-refractivity contribution in [1.29, 1.82) is 0 Å². The number of benzene rings is 1. The summed E-state index contributed by atoms with van der Waals surface area (Å²) in [4.78, 5) is 21.6. The van der Waals surface area contributed by atoms with Gasteiger partial charge in [0, 0.05) is 30.4 Å². The fourth-order valence-electron chi connectivity index (χ4n) is 4.24. The number of hydrogen-bond acceptors (Lipinski definition) is 9. The minimum absolute atomic E-state index is 0.0482. The lowest BCUT2D eigenvalue weighted by Crippen LogP contribution is -2.56. The predicted octanol–water partition coefficient (Wildman–Crippen LogP) is 2.09. The summed E-state index contributed by atoms with van der Waals surface area (Å²) in [5.41, 5.74) is 5.41. The van der Waals surface area contributed by atoms with E-state index in [9.17, 15) is 4.79 Å². The number of hydroxylamine groups is 1. The zero-order chi connectivity index (χ0) is 23.7. The molecule has 2 aromatic rings. The van der Waals surface area contributed by atoms with Crippen LogP contribution in [0.3, 0.4) is 0 Å². The van der Waals surface area contributed by atoms with Crippen LogP contribution in [-0.2, 0) is 19.1 Å². The van der Waals surface area contributed by atoms with Crippen LogP contribution in [0.4, 0.5) is 10.1 Å². The number of aromatic nitrogens is 1. The van der Waals surface area contributed by atoms with Crippen molar-refractivity contribution >= 4 is 17.3 Å². The summed E-state index contributed by atoms with van der Waals surface area (Å²) in [6.07, 6.45) is 0.758. The van der Waals surface area contributed by atoms with Gasteiger partial charge in [0.05, 0.1) is 18.8 Å². The van der Waals surface area contributed by atoms with Crippen molar-refractivity contribution in [2.24, 2.45) is 0 Å². The number of alkyl halides is 1. The van der Waals surface area contributed by atoms with Gasteiger partial charge in [-0.1, -0.05) is 18.2 Å². The van der Waals surface area contributed by atoms with Gasteiger partial charge in [0.1, 0.15) is 19.0 Å². The SMILES string of the molecule is CC1(C)OC[C@@H](C(=O)N2CCN(c3ccccc3C3=CC(COc4ccon4)ON3)CC2F)O1. The first-order chi connectivity index (χ1) is 16.4. The van der Waals surface area contributed by atoms with Gasteiger partial charge in [-0.2, -0.15) is 0 Å². The van der Waals surface area contributed by atoms with E-state index in [1.54, 1.807) is 19.9 Å². The maximum absolute atomic E-state index is 15.2. The van der Waals surface area contributed by atoms with Crippen LogP contribution in [0.15, 0.2) is 47.2 Å². The monoisotopic (exact) mass is 474 g/mol. The molecule has 0 saturated carbocycles. The normalized spacial score (nSPS) is 26.3. The Morgan fingerprint density at radius 2 is 2.15 bits per heavy atom. The van der Waals surface area contributed by atoms with E-state index in [1.807, 2.05) is 35.2 Å². The molecule has 0 spiro atoms. The molecule has 11 heteroatoms. The minimum atomic E-state index is -1.47. The van der Waals surface area contributed by atoms with Crippen molar-refractivity contribution in [3.05, 3.63) is 48.2 Å². The Morgan fingerprint density at radius 1 is 1.29 bits per heavy atom. The van der Waals surface area contributed by atoms with Crippen LogP contribution in [0.2, 0.25) is 0 Å². The topological polar surface area (TPSA) is 98.5 Å². The Bertz CT molecular complexity index is 1050. The number of amides is 1. The van der Waals surface area contributed by atoms with Crippen LogP contribution in [0, 0.1) is 0 Å². The molecule has 0 bridgehead atoms. The van der Waals surface area contributed by atoms with Crippen molar-refractivity contribution in [3.63, 3.8) is 0 Å². The number of rotatable bonds is 6. The van der Waals surface area contributed by atoms with Crippen molar-refractivity contribution in [2.75, 3.05) is 37.7 Å². The average molecular weight is 474 g/mol. The third-order valence-electron chi connectivity index (χ3n) is 5.90. The molecule has 1 aromatic carbocycles. The summed E-state index contributed by atoms with van der Waals surface area (Å²) < 4.78 is 36.5. The molecule has 0 aliphatic carbocycles. The van der Waals surface area contributed by atoms with Crippen molar-refractivity contribution in [1.82, 2.24) is 15.5 Å². The Balaban J connectivity index is 1.24. The highest BCUT2D eigenvalue weighted by Gasteiger charge is 2.42. The number of ether oxygens (including phenoxy) is 3. The van der Waals surface area contributed by atoms with E-state index in [0.717, 1.165) is 16.9 Å². The van der Waals surface area contributed by atoms with Crippen LogP contribution in [-0.4, -0.2) is 73.1 Å². The van der Waals surface area contributed by atoms with E-state index < -0.39 is 18.2 Å². The number of hydrogen-bond donors (Lipinski definition) is 1. The molecule has 182 valence electrons. The molecule has 0 radical (unpaired) electrons. The summed E-state index contributed by atoms with van der Waals surface area (Å²) in [6, 6.07) is 9.29. The highest BCUT2D eigenvalue weighted by molar-refractivity contribution is 5.82. The second kappa shape index (κ2) is 9.24. The third-order valence-corrected chi connectivity index (χ3v) is 5.90. The summed E-state index contributed by atoms with van der Waals surface area (Å²) in [5, 5.41) is 3.71. The van der Waals surface area contributed by atoms with Crippen LogP contribution in [0.5, 0.6) is 5.88 Å². The maximum atomic E-state index is 15.2. The first-order valence-electron chi connectivity index (χ1n) is 11.2. The van der Waals surface area contributed by atoms with Gasteiger partial charge in [-0.25, -0.2) is 4.39 Å². The largest absolute Gasteiger partial charge is 0.472 e. The molecule has 5 rings (SSSR count). The number of carbonyl (C=O) groups is 1. The standard InChI is InChI=1S/C23H27FN4O6/c1-23(2)31-14-19(33-23)22(29)28-9-8-27(12-20(28)24)18-6-4-3-5-16(18)17-11-15(34-25-17)13-30-21-7-10-32-26-21/h3-7,10-11,15,19-20,25H,8-9,12-14H2,1-2H3/t15?,19-,20?/m0/s1. The average Bonchev–Trinajstić information content (AvgIpc) is 3.58. The lowest BCUT2D eigenvalue weighted by Gasteiger charge is -2.40. The van der Waals surface area contributed by atoms with E-state index in [-0.39, 0.29) is 38.3 Å². The second-order valence-corrected chi connectivity index (χ2v) is 8.73. The molecule has 4 heterocycles. The van der Waals surface area contributed by atoms with Gasteiger partial charge in [0.25, 0.3) is 11.8 Å². The fraction of sp³-hybridized carbons (Fsp3) is 0.478. The van der Waals surface area contributed by atoms with E-state index in [2.05, 4.69) is 10.6 Å². The summed E-state index contributed by atoms with van der Waals surface area (Å²) in [7, 11) is 0. The Hall–Kier alpha value is -3.15. The number of halogens is 1. The smallest absolute Gasteiger partial charge is 0.256 e. The highest BCUT2D eigenvalue weighted by atomic mass is 19.1. The lowest BCUT2D eigenvalue weighted by atomic mass is 10.1. The molecule has 3 aliphatic rings. The molecular weight excluding hydrogens is 447 g/mol. The summed E-state index contributed by atoms with van der Waals surface area (Å²) >= 11 is 0. The number of carbonyl (C=O) groups excluding carboxylic acids is 1. The van der Waals surface area contributed by atoms with Crippen LogP contribution < -0.4 is 15.1 Å². The van der Waals surface area contributed by atoms with Crippen LogP contribution in [0.1, 0.15) is 19.4 Å². The third kappa shape index (κ3) is 4.72. The van der Waals surface area contributed by atoms with Gasteiger partial charge in [0.2, 0.25) is 0 Å². The number of nitrogens with one attached hydrogen (secondary N) is 1. The first-order valence-corrected chi connectivity index (χ1v) is 11.2. The molecule has 2 saturated heterocycles. The quantitative estimate of drug-likeness (QED) is 0.631. The Kier molecular flexibility index (Phi) is 6.15. The molecule has 2 unspecified atom stereocenters. The number of anilines is 1. The molecule has 10 nitrogen and oxygen atoms in total. The number of piperazine rings is 1. The van der Waals surface area contributed by atoms with Gasteiger partial charge in [-0.3, -0.25) is 15.1 Å². The summed E-state index contributed by atoms with van der Waals surface area (Å²) in [5.74, 6) is -0.838. The molecule has 3 aliphatic heterocycles. The van der Waals surface area contributed by atoms with E-state index in [1.165, 1.54) is 11.2 Å². The van der Waals surface area contributed by atoms with E-state index in [0.29, 0.717) is 12.4 Å². The minimum Gasteiger partial charge on any atom is -0.472 e. The molecule has 1 amide bonds. The summed E-state index contributed by atoms with van der Waals surface area (Å²) in [6.45, 7) is 4.63. The van der Waals surface area contributed by atoms with Crippen molar-refractivity contribution < 1.29 is 32.8 Å². The van der Waals surface area contributed by atoms with Gasteiger partial charge in [-0.05, 0) is 31.1 Å². The Morgan fingerprint density at radius 3 is 2.88 bits per heavy atom. The number of nitrogens with zero attached hydrogens (tertiary/aromatic N) is 3. The fourth-order valence-corrected chi connectivity index (χ4v) is 4.24. The van der Waals surface area contributed by atoms with Crippen LogP contribution in [0.25, 0.3) is 5.70 Å². The highest BCUT2D eigenvalue weighted by Crippen LogP contribution is 2.31. The van der Waals surface area contributed by atoms with Crippen molar-refractivity contribution in [3.8, 4) is 5.88 Å². The molecule has 1 N–H and O–H groups in total. The first kappa shape index (κ1) is 22.6. The lowest BCUT2D eigenvalue weighted by molar-refractivity contribution is -0.164. The molecule has 3 atom stereocenters. The Labute approximate surface area is 196 Å². The van der Waals surface area contributed by atoms with Gasteiger partial charge < -0.3 is 28.5 Å². The van der Waals surface area contributed by atoms with Crippen molar-refractivity contribution in [2.45, 2.75) is 38.1 Å². The van der Waals surface area contributed by atoms with E-state index >= 15 is 4.39 Å². The molecule has 1 aromatic heterocycles. The second-order valence-electron chi connectivity index (χ2n) is 8.73. The van der Waals surface area contributed by atoms with Gasteiger partial charge >= 0.3 is 0 Å². The molecular formula is C23H27FN4O6. The molecule has 2 fully saturated rings. The van der Waals surface area contributed by atoms with Gasteiger partial charge in [-0.15, -0.1) is 0 Å². The van der Waals surface area contributed by atoms with E-state index in [4.69, 9.17) is 23.6 Å². The maximum Gasteiger partial charge on any atom is 0.256 e. The zero-order valence-electron chi connectivity index (χ0n) is 19.0. The zero-order valence-corrected chi connectivity index (χ0v) is 19.0. The van der Waals surface area contributed by atoms with Gasteiger partial charge in [0.15, 0.2) is 18.2 Å². The van der Waals surface area contributed by atoms with Crippen LogP contribution >= 0.6 is 0 Å². The molecule has 34 heavy (non-hydrogen) atoms. The number of para-hydroxylation sites is 1. The predicted molar refractivity (Wildman–Crippen MR) is 118 cm³/mol.